The molecule has 0 atom stereocenters. The van der Waals surface area contributed by atoms with Crippen molar-refractivity contribution >= 4 is 17.6 Å². The summed E-state index contributed by atoms with van der Waals surface area (Å²) in [5.41, 5.74) is 3.90. The summed E-state index contributed by atoms with van der Waals surface area (Å²) in [5.74, 6) is -1.49. The van der Waals surface area contributed by atoms with Gasteiger partial charge in [-0.25, -0.2) is 18.6 Å². The zero-order valence-corrected chi connectivity index (χ0v) is 8.13. The normalized spacial score (nSPS) is 10.7. The molecule has 0 fully saturated rings. The highest BCUT2D eigenvalue weighted by Gasteiger charge is 2.25. The quantitative estimate of drug-likeness (QED) is 0.785. The van der Waals surface area contributed by atoms with E-state index in [-0.39, 0.29) is 12.1 Å². The average molecular weight is 237 g/mol. The molecule has 0 aliphatic carbocycles. The van der Waals surface area contributed by atoms with E-state index in [4.69, 9.17) is 22.4 Å². The molecule has 0 bridgehead atoms. The van der Waals surface area contributed by atoms with Crippen LogP contribution in [0.15, 0.2) is 6.20 Å². The molecule has 1 rings (SSSR count). The number of hydrogen-bond donors (Lipinski definition) is 2. The highest BCUT2D eigenvalue weighted by atomic mass is 35.5. The first-order valence-corrected chi connectivity index (χ1v) is 4.25. The van der Waals surface area contributed by atoms with Crippen molar-refractivity contribution in [1.29, 1.82) is 0 Å². The average Bonchev–Trinajstić information content (AvgIpc) is 2.16. The van der Waals surface area contributed by atoms with E-state index in [0.717, 1.165) is 6.20 Å². The summed E-state index contributed by atoms with van der Waals surface area (Å²) in [7, 11) is 0. The molecule has 0 spiro atoms. The number of carbonyl (C=O) groups is 1. The van der Waals surface area contributed by atoms with Crippen LogP contribution in [0.5, 0.6) is 0 Å². The molecule has 0 unspecified atom stereocenters. The van der Waals surface area contributed by atoms with Crippen molar-refractivity contribution in [2.45, 2.75) is 13.0 Å². The minimum Gasteiger partial charge on any atom is -0.478 e. The van der Waals surface area contributed by atoms with Crippen LogP contribution in [0.25, 0.3) is 0 Å². The number of aromatic carboxylic acids is 1. The molecule has 0 saturated heterocycles. The second-order valence-electron chi connectivity index (χ2n) is 2.67. The van der Waals surface area contributed by atoms with Gasteiger partial charge >= 0.3 is 5.97 Å². The van der Waals surface area contributed by atoms with Gasteiger partial charge < -0.3 is 10.8 Å². The molecule has 0 aliphatic heterocycles. The van der Waals surface area contributed by atoms with E-state index in [0.29, 0.717) is 0 Å². The molecule has 3 N–H and O–H groups in total. The molecule has 0 aromatic carbocycles. The lowest BCUT2D eigenvalue weighted by Gasteiger charge is -2.10. The third kappa shape index (κ3) is 2.21. The Bertz CT molecular complexity index is 398. The van der Waals surface area contributed by atoms with Gasteiger partial charge in [0.15, 0.2) is 0 Å². The maximum Gasteiger partial charge on any atom is 0.336 e. The Kier molecular flexibility index (Phi) is 3.54. The number of pyridine rings is 1. The van der Waals surface area contributed by atoms with Crippen molar-refractivity contribution in [3.63, 3.8) is 0 Å². The van der Waals surface area contributed by atoms with E-state index >= 15 is 0 Å². The lowest BCUT2D eigenvalue weighted by atomic mass is 10.0. The van der Waals surface area contributed by atoms with Gasteiger partial charge in [-0.2, -0.15) is 0 Å². The van der Waals surface area contributed by atoms with Crippen molar-refractivity contribution < 1.29 is 18.7 Å². The Balaban J connectivity index is 3.51. The Labute approximate surface area is 88.7 Å². The molecule has 0 radical (unpaired) electrons. The minimum atomic E-state index is -3.00. The summed E-state index contributed by atoms with van der Waals surface area (Å²) in [4.78, 5) is 14.2. The maximum atomic E-state index is 12.5. The van der Waals surface area contributed by atoms with Gasteiger partial charge in [0, 0.05) is 12.7 Å². The standard InChI is InChI=1S/C8H7ClF2N2O2/c9-6-5(7(10)11)4(8(14)15)3(1-12)2-13-6/h2,7H,1,12H2,(H,14,15). The Hall–Kier alpha value is -1.27. The molecule has 0 amide bonds. The van der Waals surface area contributed by atoms with Gasteiger partial charge in [-0.1, -0.05) is 11.6 Å². The predicted octanol–water partition coefficient (Wildman–Crippen LogP) is 1.83. The molecule has 1 aromatic heterocycles. The predicted molar refractivity (Wildman–Crippen MR) is 49.1 cm³/mol. The van der Waals surface area contributed by atoms with Gasteiger partial charge in [-0.05, 0) is 5.56 Å². The van der Waals surface area contributed by atoms with Crippen LogP contribution in [-0.2, 0) is 6.54 Å². The first-order chi connectivity index (χ1) is 6.99. The van der Waals surface area contributed by atoms with Crippen LogP contribution < -0.4 is 5.73 Å². The SMILES string of the molecule is NCc1cnc(Cl)c(C(F)F)c1C(=O)O. The minimum absolute atomic E-state index is 0.0298. The monoisotopic (exact) mass is 236 g/mol. The van der Waals surface area contributed by atoms with Gasteiger partial charge in [0.25, 0.3) is 6.43 Å². The van der Waals surface area contributed by atoms with E-state index in [1.54, 1.807) is 0 Å². The largest absolute Gasteiger partial charge is 0.478 e. The summed E-state index contributed by atoms with van der Waals surface area (Å²) >= 11 is 5.40. The second-order valence-corrected chi connectivity index (χ2v) is 3.03. The van der Waals surface area contributed by atoms with Crippen LogP contribution in [0.4, 0.5) is 8.78 Å². The van der Waals surface area contributed by atoms with Crippen LogP contribution >= 0.6 is 11.6 Å². The van der Waals surface area contributed by atoms with Crippen molar-refractivity contribution in [2.24, 2.45) is 5.73 Å². The molecular weight excluding hydrogens is 230 g/mol. The fourth-order valence-corrected chi connectivity index (χ4v) is 1.38. The number of nitrogens with two attached hydrogens (primary N) is 1. The first kappa shape index (κ1) is 11.8. The van der Waals surface area contributed by atoms with Crippen molar-refractivity contribution in [3.8, 4) is 0 Å². The summed E-state index contributed by atoms with van der Waals surface area (Å²) in [6.07, 6.45) is -1.92. The Morgan fingerprint density at radius 3 is 2.67 bits per heavy atom. The van der Waals surface area contributed by atoms with Gasteiger partial charge in [0.2, 0.25) is 0 Å². The number of alkyl halides is 2. The Morgan fingerprint density at radius 1 is 1.67 bits per heavy atom. The van der Waals surface area contributed by atoms with Crippen molar-refractivity contribution in [2.75, 3.05) is 0 Å². The summed E-state index contributed by atoms with van der Waals surface area (Å²) in [6, 6.07) is 0. The number of nitrogens with zero attached hydrogens (tertiary/aromatic N) is 1. The van der Waals surface area contributed by atoms with E-state index in [2.05, 4.69) is 4.98 Å². The van der Waals surface area contributed by atoms with Gasteiger partial charge in [0.05, 0.1) is 11.1 Å². The highest BCUT2D eigenvalue weighted by Crippen LogP contribution is 2.30. The maximum absolute atomic E-state index is 12.5. The molecule has 82 valence electrons. The molecule has 15 heavy (non-hydrogen) atoms. The van der Waals surface area contributed by atoms with Crippen LogP contribution in [0.3, 0.4) is 0 Å². The fourth-order valence-electron chi connectivity index (χ4n) is 1.15. The third-order valence-corrected chi connectivity index (χ3v) is 2.10. The van der Waals surface area contributed by atoms with Crippen LogP contribution in [0.1, 0.15) is 27.9 Å². The van der Waals surface area contributed by atoms with Crippen molar-refractivity contribution in [1.82, 2.24) is 4.98 Å². The molecule has 1 aromatic rings. The Morgan fingerprint density at radius 2 is 2.27 bits per heavy atom. The molecule has 7 heteroatoms. The zero-order chi connectivity index (χ0) is 11.6. The van der Waals surface area contributed by atoms with Gasteiger partial charge in [-0.3, -0.25) is 0 Å². The van der Waals surface area contributed by atoms with E-state index in [1.165, 1.54) is 0 Å². The number of rotatable bonds is 3. The van der Waals surface area contributed by atoms with Crippen LogP contribution in [-0.4, -0.2) is 16.1 Å². The van der Waals surface area contributed by atoms with E-state index < -0.39 is 28.7 Å². The van der Waals surface area contributed by atoms with Gasteiger partial charge in [-0.15, -0.1) is 0 Å². The topological polar surface area (TPSA) is 76.2 Å². The smallest absolute Gasteiger partial charge is 0.336 e. The number of hydrogen-bond acceptors (Lipinski definition) is 3. The fraction of sp³-hybridized carbons (Fsp3) is 0.250. The lowest BCUT2D eigenvalue weighted by molar-refractivity contribution is 0.0683. The number of carboxylic acid groups (broad SMARTS) is 1. The molecule has 0 aliphatic rings. The van der Waals surface area contributed by atoms with Gasteiger partial charge in [0.1, 0.15) is 5.15 Å². The highest BCUT2D eigenvalue weighted by molar-refractivity contribution is 6.30. The van der Waals surface area contributed by atoms with E-state index in [1.807, 2.05) is 0 Å². The first-order valence-electron chi connectivity index (χ1n) is 3.87. The van der Waals surface area contributed by atoms with Crippen LogP contribution in [0.2, 0.25) is 5.15 Å². The number of carboxylic acids is 1. The summed E-state index contributed by atoms with van der Waals surface area (Å²) in [5, 5.41) is 8.26. The van der Waals surface area contributed by atoms with Crippen LogP contribution in [0, 0.1) is 0 Å². The summed E-state index contributed by atoms with van der Waals surface area (Å²) < 4.78 is 25.1. The lowest BCUT2D eigenvalue weighted by Crippen LogP contribution is -2.12. The third-order valence-electron chi connectivity index (χ3n) is 1.80. The number of aromatic nitrogens is 1. The molecule has 1 heterocycles. The van der Waals surface area contributed by atoms with Crippen molar-refractivity contribution in [3.05, 3.63) is 28.0 Å². The molecule has 0 saturated carbocycles. The number of halogens is 3. The zero-order valence-electron chi connectivity index (χ0n) is 7.38. The molecule has 4 nitrogen and oxygen atoms in total. The molecular formula is C8H7ClF2N2O2. The van der Waals surface area contributed by atoms with E-state index in [9.17, 15) is 13.6 Å². The second kappa shape index (κ2) is 4.50. The summed E-state index contributed by atoms with van der Waals surface area (Å²) in [6.45, 7) is -0.189.